The van der Waals surface area contributed by atoms with Crippen molar-refractivity contribution in [1.29, 1.82) is 0 Å². The van der Waals surface area contributed by atoms with E-state index in [1.807, 2.05) is 32.0 Å². The second-order valence-corrected chi connectivity index (χ2v) is 5.80. The summed E-state index contributed by atoms with van der Waals surface area (Å²) in [5.74, 6) is 0.270. The Morgan fingerprint density at radius 3 is 2.59 bits per heavy atom. The fraction of sp³-hybridized carbons (Fsp3) is 0.389. The van der Waals surface area contributed by atoms with Crippen molar-refractivity contribution in [2.24, 2.45) is 5.92 Å². The van der Waals surface area contributed by atoms with Gasteiger partial charge < -0.3 is 15.7 Å². The van der Waals surface area contributed by atoms with Gasteiger partial charge in [-0.25, -0.2) is 4.79 Å². The average molecular weight is 300 g/mol. The number of urea groups is 1. The summed E-state index contributed by atoms with van der Waals surface area (Å²) < 4.78 is 0. The van der Waals surface area contributed by atoms with Gasteiger partial charge in [0.2, 0.25) is 0 Å². The van der Waals surface area contributed by atoms with Gasteiger partial charge in [-0.2, -0.15) is 0 Å². The van der Waals surface area contributed by atoms with Crippen molar-refractivity contribution in [1.82, 2.24) is 10.6 Å². The Kier molecular flexibility index (Phi) is 5.78. The van der Waals surface area contributed by atoms with Crippen LogP contribution in [0.4, 0.5) is 4.79 Å². The third-order valence-corrected chi connectivity index (χ3v) is 3.85. The Hall–Kier alpha value is -2.07. The molecule has 0 fully saturated rings. The molecule has 0 bridgehead atoms. The first kappa shape index (κ1) is 16.3. The van der Waals surface area contributed by atoms with Crippen LogP contribution in [0.3, 0.4) is 0 Å². The fourth-order valence-corrected chi connectivity index (χ4v) is 2.40. The molecule has 2 aromatic carbocycles. The molecule has 2 aromatic rings. The minimum Gasteiger partial charge on any atom is -0.396 e. The summed E-state index contributed by atoms with van der Waals surface area (Å²) in [4.78, 5) is 11.9. The summed E-state index contributed by atoms with van der Waals surface area (Å²) >= 11 is 0. The number of rotatable bonds is 6. The molecule has 4 nitrogen and oxygen atoms in total. The highest BCUT2D eigenvalue weighted by atomic mass is 16.3. The molecule has 0 aromatic heterocycles. The minimum atomic E-state index is -0.176. The number of carbonyl (C=O) groups excluding carboxylic acids is 1. The van der Waals surface area contributed by atoms with Crippen molar-refractivity contribution in [2.45, 2.75) is 26.3 Å². The van der Waals surface area contributed by atoms with Gasteiger partial charge >= 0.3 is 6.03 Å². The van der Waals surface area contributed by atoms with Gasteiger partial charge in [0.15, 0.2) is 0 Å². The van der Waals surface area contributed by atoms with Gasteiger partial charge in [0, 0.05) is 13.2 Å². The lowest BCUT2D eigenvalue weighted by molar-refractivity contribution is 0.231. The van der Waals surface area contributed by atoms with Crippen molar-refractivity contribution in [3.63, 3.8) is 0 Å². The van der Waals surface area contributed by atoms with Crippen molar-refractivity contribution < 1.29 is 9.90 Å². The van der Waals surface area contributed by atoms with Crippen LogP contribution in [0.1, 0.15) is 31.9 Å². The van der Waals surface area contributed by atoms with Gasteiger partial charge in [-0.05, 0) is 41.7 Å². The summed E-state index contributed by atoms with van der Waals surface area (Å²) in [5, 5.41) is 17.0. The summed E-state index contributed by atoms with van der Waals surface area (Å²) in [6.45, 7) is 4.69. The summed E-state index contributed by atoms with van der Waals surface area (Å²) in [7, 11) is 0. The zero-order valence-electron chi connectivity index (χ0n) is 13.2. The predicted molar refractivity (Wildman–Crippen MR) is 89.8 cm³/mol. The summed E-state index contributed by atoms with van der Waals surface area (Å²) in [5.41, 5.74) is 1.08. The lowest BCUT2D eigenvalue weighted by Crippen LogP contribution is -2.39. The van der Waals surface area contributed by atoms with Crippen molar-refractivity contribution in [2.75, 3.05) is 13.2 Å². The maximum absolute atomic E-state index is 11.9. The van der Waals surface area contributed by atoms with Crippen LogP contribution in [0.5, 0.6) is 0 Å². The van der Waals surface area contributed by atoms with E-state index in [1.54, 1.807) is 0 Å². The highest BCUT2D eigenvalue weighted by Crippen LogP contribution is 2.20. The number of carbonyl (C=O) groups is 1. The second kappa shape index (κ2) is 7.80. The van der Waals surface area contributed by atoms with Gasteiger partial charge in [0.1, 0.15) is 0 Å². The van der Waals surface area contributed by atoms with Gasteiger partial charge in [-0.3, -0.25) is 0 Å². The number of aliphatic hydroxyl groups excluding tert-OH is 1. The van der Waals surface area contributed by atoms with E-state index in [0.29, 0.717) is 13.0 Å². The minimum absolute atomic E-state index is 0.0576. The Balaban J connectivity index is 1.92. The maximum atomic E-state index is 11.9. The Morgan fingerprint density at radius 1 is 1.14 bits per heavy atom. The van der Waals surface area contributed by atoms with Crippen LogP contribution >= 0.6 is 0 Å². The van der Waals surface area contributed by atoms with E-state index < -0.39 is 0 Å². The van der Waals surface area contributed by atoms with Crippen molar-refractivity contribution in [3.8, 4) is 0 Å². The topological polar surface area (TPSA) is 61.4 Å². The number of aliphatic hydroxyl groups is 1. The van der Waals surface area contributed by atoms with Crippen LogP contribution in [-0.4, -0.2) is 24.3 Å². The molecule has 22 heavy (non-hydrogen) atoms. The van der Waals surface area contributed by atoms with Crippen molar-refractivity contribution in [3.05, 3.63) is 48.0 Å². The van der Waals surface area contributed by atoms with Crippen molar-refractivity contribution >= 4 is 16.8 Å². The van der Waals surface area contributed by atoms with Crippen LogP contribution in [0.2, 0.25) is 0 Å². The number of amides is 2. The molecule has 0 aliphatic rings. The zero-order valence-corrected chi connectivity index (χ0v) is 13.2. The third-order valence-electron chi connectivity index (χ3n) is 3.85. The summed E-state index contributed by atoms with van der Waals surface area (Å²) in [6, 6.07) is 14.2. The van der Waals surface area contributed by atoms with E-state index in [4.69, 9.17) is 5.11 Å². The molecule has 0 radical (unpaired) electrons. The van der Waals surface area contributed by atoms with Crippen LogP contribution in [-0.2, 0) is 0 Å². The van der Waals surface area contributed by atoms with E-state index in [2.05, 4.69) is 34.9 Å². The van der Waals surface area contributed by atoms with Gasteiger partial charge in [-0.15, -0.1) is 0 Å². The first-order chi connectivity index (χ1) is 10.6. The molecule has 0 spiro atoms. The zero-order chi connectivity index (χ0) is 15.9. The van der Waals surface area contributed by atoms with E-state index in [-0.39, 0.29) is 24.6 Å². The fourth-order valence-electron chi connectivity index (χ4n) is 2.40. The van der Waals surface area contributed by atoms with E-state index >= 15 is 0 Å². The number of hydrogen-bond donors (Lipinski definition) is 3. The van der Waals surface area contributed by atoms with E-state index in [1.165, 1.54) is 10.8 Å². The highest BCUT2D eigenvalue weighted by molar-refractivity contribution is 5.83. The van der Waals surface area contributed by atoms with Gasteiger partial charge in [-0.1, -0.05) is 43.3 Å². The molecule has 0 aliphatic heterocycles. The molecule has 4 heteroatoms. The van der Waals surface area contributed by atoms with Crippen LogP contribution in [0, 0.1) is 5.92 Å². The highest BCUT2D eigenvalue weighted by Gasteiger charge is 2.10. The molecule has 0 saturated heterocycles. The quantitative estimate of drug-likeness (QED) is 0.767. The molecule has 0 saturated carbocycles. The summed E-state index contributed by atoms with van der Waals surface area (Å²) in [6.07, 6.45) is 0.695. The number of benzene rings is 2. The molecular formula is C18H24N2O2. The molecule has 2 rings (SSSR count). The predicted octanol–water partition coefficient (Wildman–Crippen LogP) is 3.22. The first-order valence-corrected chi connectivity index (χ1v) is 7.74. The molecule has 0 aliphatic carbocycles. The van der Waals surface area contributed by atoms with Crippen LogP contribution in [0.25, 0.3) is 10.8 Å². The van der Waals surface area contributed by atoms with Crippen LogP contribution < -0.4 is 10.6 Å². The third kappa shape index (κ3) is 4.46. The standard InChI is InChI=1S/C18H24N2O2/c1-13(9-10-21)12-19-18(22)20-14(2)16-8-7-15-5-3-4-6-17(15)11-16/h3-8,11,13-14,21H,9-10,12H2,1-2H3,(H2,19,20,22). The molecule has 3 N–H and O–H groups in total. The van der Waals surface area contributed by atoms with E-state index in [9.17, 15) is 4.79 Å². The molecular weight excluding hydrogens is 276 g/mol. The number of nitrogens with one attached hydrogen (secondary N) is 2. The molecule has 0 heterocycles. The maximum Gasteiger partial charge on any atom is 0.315 e. The molecule has 2 amide bonds. The van der Waals surface area contributed by atoms with E-state index in [0.717, 1.165) is 5.56 Å². The average Bonchev–Trinajstić information content (AvgIpc) is 2.52. The SMILES string of the molecule is CC(CCO)CNC(=O)NC(C)c1ccc2ccccc2c1. The molecule has 118 valence electrons. The largest absolute Gasteiger partial charge is 0.396 e. The Labute approximate surface area is 131 Å². The Morgan fingerprint density at radius 2 is 1.86 bits per heavy atom. The Bertz CT molecular complexity index is 627. The smallest absolute Gasteiger partial charge is 0.315 e. The second-order valence-electron chi connectivity index (χ2n) is 5.80. The lowest BCUT2D eigenvalue weighted by Gasteiger charge is -2.17. The lowest BCUT2D eigenvalue weighted by atomic mass is 10.0. The van der Waals surface area contributed by atoms with Gasteiger partial charge in [0.25, 0.3) is 0 Å². The molecule has 2 atom stereocenters. The normalized spacial score (nSPS) is 13.6. The first-order valence-electron chi connectivity index (χ1n) is 7.74. The van der Waals surface area contributed by atoms with Crippen LogP contribution in [0.15, 0.2) is 42.5 Å². The number of hydrogen-bond acceptors (Lipinski definition) is 2. The van der Waals surface area contributed by atoms with Gasteiger partial charge in [0.05, 0.1) is 6.04 Å². The number of fused-ring (bicyclic) bond motifs is 1. The monoisotopic (exact) mass is 300 g/mol. The molecule has 2 unspecified atom stereocenters.